The number of rotatable bonds is 3. The van der Waals surface area contributed by atoms with Gasteiger partial charge in [-0.05, 0) is 6.07 Å². The van der Waals surface area contributed by atoms with Gasteiger partial charge in [0.05, 0.1) is 24.2 Å². The zero-order chi connectivity index (χ0) is 21.7. The first kappa shape index (κ1) is 20.3. The number of carbonyl (C=O) groups excluding carboxylic acids is 3. The van der Waals surface area contributed by atoms with E-state index in [2.05, 4.69) is 5.32 Å². The maximum absolute atomic E-state index is 12.9. The van der Waals surface area contributed by atoms with Crippen molar-refractivity contribution in [3.63, 3.8) is 0 Å². The molecule has 0 aliphatic carbocycles. The standard InChI is InChI=1S/C20H19N3O6S2/c24-11-4-2-1-3-10(11)13-14-15(18(27)21-17(14)26)30-19-16(13)31-20(28)23(19)9-12(25)22-5-7-29-8-6-22/h1-4,13-15,24H,5-9H2,(H,21,26,27)/t13-,14+,15-/m0/s1. The highest BCUT2D eigenvalue weighted by atomic mass is 32.2. The molecule has 9 nitrogen and oxygen atoms in total. The molecule has 5 rings (SSSR count). The summed E-state index contributed by atoms with van der Waals surface area (Å²) < 4.78 is 6.67. The Balaban J connectivity index is 1.59. The number of phenols is 1. The number of thiazole rings is 1. The summed E-state index contributed by atoms with van der Waals surface area (Å²) in [4.78, 5) is 52.7. The van der Waals surface area contributed by atoms with Gasteiger partial charge in [0.2, 0.25) is 17.7 Å². The lowest BCUT2D eigenvalue weighted by atomic mass is 9.82. The summed E-state index contributed by atoms with van der Waals surface area (Å²) in [6, 6.07) is 6.62. The SMILES string of the molecule is O=C1NC(=O)[C@H]2Sc3c(sc(=O)n3CC(=O)N3CCOCC3)[C@@H](c3ccccc3O)[C@@H]12. The molecule has 11 heteroatoms. The highest BCUT2D eigenvalue weighted by Gasteiger charge is 2.53. The van der Waals surface area contributed by atoms with Crippen molar-refractivity contribution < 1.29 is 24.2 Å². The lowest BCUT2D eigenvalue weighted by Crippen LogP contribution is -2.43. The average molecular weight is 462 g/mol. The van der Waals surface area contributed by atoms with Crippen LogP contribution in [0, 0.1) is 5.92 Å². The monoisotopic (exact) mass is 461 g/mol. The van der Waals surface area contributed by atoms with Crippen LogP contribution in [-0.2, 0) is 25.7 Å². The lowest BCUT2D eigenvalue weighted by molar-refractivity contribution is -0.136. The number of para-hydroxylation sites is 1. The maximum atomic E-state index is 12.9. The van der Waals surface area contributed by atoms with E-state index in [0.717, 1.165) is 23.1 Å². The molecule has 3 atom stereocenters. The number of phenolic OH excluding ortho intramolecular Hbond substituents is 1. The molecule has 0 bridgehead atoms. The predicted octanol–water partition coefficient (Wildman–Crippen LogP) is 0.353. The molecule has 0 saturated carbocycles. The van der Waals surface area contributed by atoms with Crippen LogP contribution < -0.4 is 10.2 Å². The average Bonchev–Trinajstić information content (AvgIpc) is 3.23. The number of thioether (sulfide) groups is 1. The van der Waals surface area contributed by atoms with Gasteiger partial charge in [-0.1, -0.05) is 41.3 Å². The molecule has 31 heavy (non-hydrogen) atoms. The number of hydrogen-bond acceptors (Lipinski definition) is 8. The van der Waals surface area contributed by atoms with E-state index in [1.54, 1.807) is 23.1 Å². The van der Waals surface area contributed by atoms with Crippen LogP contribution in [0.2, 0.25) is 0 Å². The van der Waals surface area contributed by atoms with E-state index in [9.17, 15) is 24.3 Å². The molecule has 3 aliphatic heterocycles. The third-order valence-electron chi connectivity index (χ3n) is 5.82. The Kier molecular flexibility index (Phi) is 5.11. The van der Waals surface area contributed by atoms with Crippen molar-refractivity contribution in [2.75, 3.05) is 26.3 Å². The maximum Gasteiger partial charge on any atom is 0.308 e. The fraction of sp³-hybridized carbons (Fsp3) is 0.400. The summed E-state index contributed by atoms with van der Waals surface area (Å²) in [7, 11) is 0. The van der Waals surface area contributed by atoms with Crippen LogP contribution in [0.5, 0.6) is 5.75 Å². The Bertz CT molecular complexity index is 1140. The molecule has 162 valence electrons. The molecule has 2 N–H and O–H groups in total. The summed E-state index contributed by atoms with van der Waals surface area (Å²) in [5.41, 5.74) is 0.483. The number of amides is 3. The first-order valence-electron chi connectivity index (χ1n) is 9.84. The summed E-state index contributed by atoms with van der Waals surface area (Å²) >= 11 is 2.10. The van der Waals surface area contributed by atoms with Gasteiger partial charge in [-0.3, -0.25) is 29.1 Å². The Hall–Kier alpha value is -2.63. The smallest absolute Gasteiger partial charge is 0.308 e. The second-order valence-electron chi connectivity index (χ2n) is 7.57. The zero-order valence-corrected chi connectivity index (χ0v) is 17.9. The molecular weight excluding hydrogens is 442 g/mol. The number of ether oxygens (including phenoxy) is 1. The highest BCUT2D eigenvalue weighted by molar-refractivity contribution is 8.00. The number of hydrogen-bond donors (Lipinski definition) is 2. The van der Waals surface area contributed by atoms with Gasteiger partial charge >= 0.3 is 4.87 Å². The van der Waals surface area contributed by atoms with Crippen molar-refractivity contribution in [1.29, 1.82) is 0 Å². The molecule has 2 saturated heterocycles. The number of fused-ring (bicyclic) bond motifs is 2. The van der Waals surface area contributed by atoms with E-state index >= 15 is 0 Å². The van der Waals surface area contributed by atoms with Gasteiger partial charge in [0.1, 0.15) is 17.5 Å². The fourth-order valence-electron chi connectivity index (χ4n) is 4.31. The molecule has 1 aromatic carbocycles. The number of aromatic nitrogens is 1. The molecule has 0 spiro atoms. The van der Waals surface area contributed by atoms with E-state index in [1.807, 2.05) is 0 Å². The largest absolute Gasteiger partial charge is 0.508 e. The normalized spacial score (nSPS) is 25.2. The zero-order valence-electron chi connectivity index (χ0n) is 16.3. The third-order valence-corrected chi connectivity index (χ3v) is 8.43. The van der Waals surface area contributed by atoms with Crippen LogP contribution in [0.25, 0.3) is 0 Å². The molecule has 0 unspecified atom stereocenters. The number of morpholine rings is 1. The number of nitrogens with one attached hydrogen (secondary N) is 1. The van der Waals surface area contributed by atoms with E-state index in [-0.39, 0.29) is 23.1 Å². The Morgan fingerprint density at radius 2 is 1.90 bits per heavy atom. The molecule has 3 amide bonds. The lowest BCUT2D eigenvalue weighted by Gasteiger charge is -2.31. The topological polar surface area (TPSA) is 118 Å². The summed E-state index contributed by atoms with van der Waals surface area (Å²) in [5.74, 6) is -2.42. The van der Waals surface area contributed by atoms with Crippen LogP contribution in [0.15, 0.2) is 34.1 Å². The number of carbonyl (C=O) groups is 3. The highest BCUT2D eigenvalue weighted by Crippen LogP contribution is 2.52. The van der Waals surface area contributed by atoms with Crippen molar-refractivity contribution in [2.24, 2.45) is 5.92 Å². The molecule has 1 aromatic heterocycles. The minimum absolute atomic E-state index is 0.00644. The van der Waals surface area contributed by atoms with Crippen molar-refractivity contribution >= 4 is 40.8 Å². The molecule has 2 fully saturated rings. The van der Waals surface area contributed by atoms with Gasteiger partial charge < -0.3 is 14.7 Å². The molecule has 0 radical (unpaired) electrons. The Morgan fingerprint density at radius 3 is 2.65 bits per heavy atom. The second-order valence-corrected chi connectivity index (χ2v) is 9.69. The van der Waals surface area contributed by atoms with Crippen molar-refractivity contribution in [3.8, 4) is 5.75 Å². The first-order chi connectivity index (χ1) is 15.0. The summed E-state index contributed by atoms with van der Waals surface area (Å²) in [6.45, 7) is 1.71. The van der Waals surface area contributed by atoms with Gasteiger partial charge in [0.15, 0.2) is 0 Å². The number of aromatic hydroxyl groups is 1. The fourth-order valence-corrected chi connectivity index (χ4v) is 7.04. The number of benzene rings is 1. The quantitative estimate of drug-likeness (QED) is 0.634. The van der Waals surface area contributed by atoms with Gasteiger partial charge in [-0.25, -0.2) is 0 Å². The van der Waals surface area contributed by atoms with Crippen LogP contribution in [0.4, 0.5) is 0 Å². The molecule has 4 heterocycles. The molecule has 2 aromatic rings. The van der Waals surface area contributed by atoms with Crippen LogP contribution in [0.1, 0.15) is 16.4 Å². The second kappa shape index (κ2) is 7.81. The van der Waals surface area contributed by atoms with Crippen molar-refractivity contribution in [1.82, 2.24) is 14.8 Å². The number of nitrogens with zero attached hydrogens (tertiary/aromatic N) is 2. The minimum atomic E-state index is -0.736. The Labute approximate surface area is 185 Å². The molecular formula is C20H19N3O6S2. The van der Waals surface area contributed by atoms with E-state index in [0.29, 0.717) is 41.8 Å². The van der Waals surface area contributed by atoms with E-state index in [4.69, 9.17) is 4.74 Å². The van der Waals surface area contributed by atoms with Gasteiger partial charge in [-0.2, -0.15) is 0 Å². The van der Waals surface area contributed by atoms with Gasteiger partial charge in [0, 0.05) is 29.4 Å². The predicted molar refractivity (Wildman–Crippen MR) is 112 cm³/mol. The Morgan fingerprint density at radius 1 is 1.16 bits per heavy atom. The van der Waals surface area contributed by atoms with E-state index in [1.165, 1.54) is 10.6 Å². The number of imide groups is 1. The summed E-state index contributed by atoms with van der Waals surface area (Å²) in [6.07, 6.45) is 0. The van der Waals surface area contributed by atoms with Gasteiger partial charge in [0.25, 0.3) is 0 Å². The van der Waals surface area contributed by atoms with Crippen LogP contribution in [-0.4, -0.2) is 63.8 Å². The third kappa shape index (κ3) is 3.36. The first-order valence-corrected chi connectivity index (χ1v) is 11.5. The van der Waals surface area contributed by atoms with Gasteiger partial charge in [-0.15, -0.1) is 0 Å². The van der Waals surface area contributed by atoms with Crippen LogP contribution >= 0.6 is 23.1 Å². The molecule has 3 aliphatic rings. The van der Waals surface area contributed by atoms with Crippen molar-refractivity contribution in [3.05, 3.63) is 44.4 Å². The summed E-state index contributed by atoms with van der Waals surface area (Å²) in [5, 5.41) is 12.6. The van der Waals surface area contributed by atoms with Crippen LogP contribution in [0.3, 0.4) is 0 Å². The minimum Gasteiger partial charge on any atom is -0.508 e. The van der Waals surface area contributed by atoms with E-state index < -0.39 is 28.9 Å². The van der Waals surface area contributed by atoms with Crippen molar-refractivity contribution in [2.45, 2.75) is 22.7 Å².